The summed E-state index contributed by atoms with van der Waals surface area (Å²) in [6, 6.07) is 0.606. The minimum absolute atomic E-state index is 0.0308. The number of piperidine rings is 1. The van der Waals surface area contributed by atoms with E-state index in [0.29, 0.717) is 12.6 Å². The van der Waals surface area contributed by atoms with E-state index in [2.05, 4.69) is 11.8 Å². The van der Waals surface area contributed by atoms with Crippen molar-refractivity contribution in [2.45, 2.75) is 50.3 Å². The zero-order chi connectivity index (χ0) is 14.8. The summed E-state index contributed by atoms with van der Waals surface area (Å²) in [6.45, 7) is 4.96. The Morgan fingerprint density at radius 2 is 2.05 bits per heavy atom. The van der Waals surface area contributed by atoms with E-state index in [0.717, 1.165) is 19.5 Å². The summed E-state index contributed by atoms with van der Waals surface area (Å²) < 4.78 is 22.6. The molecule has 2 saturated heterocycles. The van der Waals surface area contributed by atoms with Gasteiger partial charge in [0.15, 0.2) is 0 Å². The van der Waals surface area contributed by atoms with Crippen molar-refractivity contribution in [3.05, 3.63) is 0 Å². The molecular weight excluding hydrogens is 300 g/mol. The van der Waals surface area contributed by atoms with Crippen LogP contribution in [-0.2, 0) is 13.8 Å². The molecule has 0 aromatic heterocycles. The molecule has 2 aliphatic heterocycles. The smallest absolute Gasteiger partial charge is 0.237 e. The van der Waals surface area contributed by atoms with Crippen molar-refractivity contribution >= 4 is 25.6 Å². The molecule has 0 saturated carbocycles. The zero-order valence-corrected chi connectivity index (χ0v) is 13.5. The Bertz CT molecular complexity index is 455. The monoisotopic (exact) mass is 322 g/mol. The molecule has 7 heteroatoms. The maximum Gasteiger partial charge on any atom is 0.237 e. The third-order valence-corrected chi connectivity index (χ3v) is 6.32. The van der Waals surface area contributed by atoms with Crippen LogP contribution in [0.5, 0.6) is 0 Å². The highest BCUT2D eigenvalue weighted by Gasteiger charge is 2.37. The molecule has 5 nitrogen and oxygen atoms in total. The Morgan fingerprint density at radius 3 is 2.65 bits per heavy atom. The van der Waals surface area contributed by atoms with Crippen LogP contribution >= 0.6 is 10.7 Å². The molecule has 2 atom stereocenters. The minimum atomic E-state index is -3.63. The third kappa shape index (κ3) is 3.86. The Kier molecular flexibility index (Phi) is 5.31. The number of halogens is 1. The number of rotatable bonds is 5. The number of hydrogen-bond acceptors (Lipinski definition) is 4. The molecule has 1 amide bonds. The van der Waals surface area contributed by atoms with E-state index in [1.807, 2.05) is 0 Å². The fourth-order valence-electron chi connectivity index (χ4n) is 3.21. The van der Waals surface area contributed by atoms with Crippen LogP contribution in [0.2, 0.25) is 0 Å². The average Bonchev–Trinajstić information content (AvgIpc) is 2.78. The topological polar surface area (TPSA) is 57.7 Å². The number of likely N-dealkylation sites (tertiary alicyclic amines) is 2. The van der Waals surface area contributed by atoms with E-state index < -0.39 is 14.3 Å². The summed E-state index contributed by atoms with van der Waals surface area (Å²) in [4.78, 5) is 15.9. The fourth-order valence-corrected chi connectivity index (χ4v) is 4.26. The summed E-state index contributed by atoms with van der Waals surface area (Å²) in [5, 5.41) is -0.736. The van der Waals surface area contributed by atoms with Gasteiger partial charge in [-0.25, -0.2) is 8.42 Å². The lowest BCUT2D eigenvalue weighted by Gasteiger charge is -2.36. The first kappa shape index (κ1) is 16.0. The van der Waals surface area contributed by atoms with Gasteiger partial charge in [-0.2, -0.15) is 0 Å². The number of carbonyl (C=O) groups is 1. The van der Waals surface area contributed by atoms with Crippen molar-refractivity contribution in [2.75, 3.05) is 26.2 Å². The summed E-state index contributed by atoms with van der Waals surface area (Å²) in [6.07, 6.45) is 4.88. The van der Waals surface area contributed by atoms with Crippen molar-refractivity contribution in [1.29, 1.82) is 0 Å². The molecule has 0 N–H and O–H groups in total. The molecule has 0 radical (unpaired) electrons. The molecule has 2 aliphatic rings. The van der Waals surface area contributed by atoms with Crippen molar-refractivity contribution in [3.63, 3.8) is 0 Å². The maximum atomic E-state index is 11.8. The highest BCUT2D eigenvalue weighted by atomic mass is 35.7. The largest absolute Gasteiger partial charge is 0.340 e. The highest BCUT2D eigenvalue weighted by molar-refractivity contribution is 8.14. The molecule has 2 unspecified atom stereocenters. The van der Waals surface area contributed by atoms with Crippen molar-refractivity contribution < 1.29 is 13.2 Å². The number of amides is 1. The molecule has 2 rings (SSSR count). The molecule has 0 bridgehead atoms. The van der Waals surface area contributed by atoms with E-state index in [1.54, 1.807) is 4.90 Å². The zero-order valence-electron chi connectivity index (χ0n) is 11.9. The minimum Gasteiger partial charge on any atom is -0.340 e. The molecule has 2 heterocycles. The van der Waals surface area contributed by atoms with Crippen molar-refractivity contribution in [1.82, 2.24) is 9.80 Å². The van der Waals surface area contributed by atoms with E-state index in [4.69, 9.17) is 10.7 Å². The molecular formula is C13H23ClN2O3S. The fraction of sp³-hybridized carbons (Fsp3) is 0.923. The van der Waals surface area contributed by atoms with E-state index in [-0.39, 0.29) is 18.9 Å². The summed E-state index contributed by atoms with van der Waals surface area (Å²) >= 11 is 0. The van der Waals surface area contributed by atoms with Gasteiger partial charge in [-0.05, 0) is 25.8 Å². The number of hydrogen-bond donors (Lipinski definition) is 0. The molecule has 0 aromatic carbocycles. The molecule has 116 valence electrons. The van der Waals surface area contributed by atoms with Crippen LogP contribution in [-0.4, -0.2) is 61.6 Å². The van der Waals surface area contributed by atoms with Crippen LogP contribution in [0.4, 0.5) is 0 Å². The van der Waals surface area contributed by atoms with Gasteiger partial charge < -0.3 is 4.90 Å². The average molecular weight is 323 g/mol. The van der Waals surface area contributed by atoms with Crippen LogP contribution in [0.3, 0.4) is 0 Å². The standard InChI is InChI=1S/C13H23ClN2O3S/c1-2-11-5-3-4-6-15(11)7-8-16-10-12(9-13(16)17)20(14,18)19/h11-12H,2-10H2,1H3. The number of nitrogens with zero attached hydrogens (tertiary/aromatic N) is 2. The van der Waals surface area contributed by atoms with E-state index >= 15 is 0 Å². The quantitative estimate of drug-likeness (QED) is 0.718. The predicted molar refractivity (Wildman–Crippen MR) is 79.3 cm³/mol. The van der Waals surface area contributed by atoms with Gasteiger partial charge in [-0.3, -0.25) is 9.69 Å². The van der Waals surface area contributed by atoms with Crippen LogP contribution in [0, 0.1) is 0 Å². The lowest BCUT2D eigenvalue weighted by molar-refractivity contribution is -0.128. The normalized spacial score (nSPS) is 29.1. The number of carbonyl (C=O) groups excluding carboxylic acids is 1. The second-order valence-electron chi connectivity index (χ2n) is 5.74. The Labute approximate surface area is 125 Å². The molecule has 0 aromatic rings. The molecule has 0 spiro atoms. The van der Waals surface area contributed by atoms with E-state index in [1.165, 1.54) is 19.3 Å². The third-order valence-electron chi connectivity index (χ3n) is 4.45. The van der Waals surface area contributed by atoms with Gasteiger partial charge in [-0.15, -0.1) is 0 Å². The van der Waals surface area contributed by atoms with E-state index in [9.17, 15) is 13.2 Å². The first-order valence-electron chi connectivity index (χ1n) is 7.37. The second kappa shape index (κ2) is 6.62. The summed E-state index contributed by atoms with van der Waals surface area (Å²) in [5.41, 5.74) is 0. The van der Waals surface area contributed by atoms with Crippen LogP contribution in [0.15, 0.2) is 0 Å². The van der Waals surface area contributed by atoms with Crippen LogP contribution < -0.4 is 0 Å². The van der Waals surface area contributed by atoms with Gasteiger partial charge in [0.2, 0.25) is 15.0 Å². The van der Waals surface area contributed by atoms with Gasteiger partial charge in [0.25, 0.3) is 0 Å². The maximum absolute atomic E-state index is 11.8. The first-order valence-corrected chi connectivity index (χ1v) is 9.74. The highest BCUT2D eigenvalue weighted by Crippen LogP contribution is 2.22. The lowest BCUT2D eigenvalue weighted by atomic mass is 10.0. The summed E-state index contributed by atoms with van der Waals surface area (Å²) in [7, 11) is 1.72. The lowest BCUT2D eigenvalue weighted by Crippen LogP contribution is -2.44. The van der Waals surface area contributed by atoms with Crippen LogP contribution in [0.1, 0.15) is 39.0 Å². The Balaban J connectivity index is 1.86. The van der Waals surface area contributed by atoms with Gasteiger partial charge in [0, 0.05) is 42.8 Å². The Morgan fingerprint density at radius 1 is 1.30 bits per heavy atom. The first-order chi connectivity index (χ1) is 9.41. The molecule has 20 heavy (non-hydrogen) atoms. The second-order valence-corrected chi connectivity index (χ2v) is 8.64. The van der Waals surface area contributed by atoms with Crippen molar-refractivity contribution in [2.24, 2.45) is 0 Å². The molecule has 0 aliphatic carbocycles. The van der Waals surface area contributed by atoms with Gasteiger partial charge in [0.05, 0.1) is 0 Å². The van der Waals surface area contributed by atoms with Crippen molar-refractivity contribution in [3.8, 4) is 0 Å². The summed E-state index contributed by atoms with van der Waals surface area (Å²) in [5.74, 6) is -0.0933. The Hall–Kier alpha value is -0.330. The van der Waals surface area contributed by atoms with Crippen LogP contribution in [0.25, 0.3) is 0 Å². The van der Waals surface area contributed by atoms with Gasteiger partial charge in [-0.1, -0.05) is 13.3 Å². The predicted octanol–water partition coefficient (Wildman–Crippen LogP) is 1.42. The SMILES string of the molecule is CCC1CCCCN1CCN1CC(S(=O)(=O)Cl)CC1=O. The molecule has 2 fully saturated rings. The van der Waals surface area contributed by atoms with Gasteiger partial charge >= 0.3 is 0 Å². The van der Waals surface area contributed by atoms with Gasteiger partial charge in [0.1, 0.15) is 5.25 Å².